The van der Waals surface area contributed by atoms with Crippen molar-refractivity contribution in [2.75, 3.05) is 6.54 Å². The molecule has 0 radical (unpaired) electrons. The summed E-state index contributed by atoms with van der Waals surface area (Å²) in [5.74, 6) is 0.767. The van der Waals surface area contributed by atoms with E-state index in [2.05, 4.69) is 40.0 Å². The van der Waals surface area contributed by atoms with Crippen LogP contribution in [0.15, 0.2) is 54.6 Å². The van der Waals surface area contributed by atoms with Gasteiger partial charge in [-0.05, 0) is 24.1 Å². The van der Waals surface area contributed by atoms with Gasteiger partial charge in [0.05, 0.1) is 0 Å². The zero-order valence-corrected chi connectivity index (χ0v) is 17.9. The quantitative estimate of drug-likeness (QED) is 0.538. The molecule has 2 aromatic rings. The number of rotatable bonds is 5. The Balaban J connectivity index is 0.000000745. The van der Waals surface area contributed by atoms with Crippen molar-refractivity contribution in [3.05, 3.63) is 65.7 Å². The second-order valence-corrected chi connectivity index (χ2v) is 16.4. The number of para-hydroxylation sites is 1. The third-order valence-corrected chi connectivity index (χ3v) is 3.07. The SMILES string of the molecule is Cc1ccccc1O[C@@H](c1ccccc1)[C@@H](O)CN.[I][V][I]. The molecule has 119 valence electrons. The van der Waals surface area contributed by atoms with Crippen LogP contribution in [0.5, 0.6) is 5.75 Å². The zero-order chi connectivity index (χ0) is 16.4. The number of aryl methyl sites for hydroxylation is 1. The molecule has 0 saturated heterocycles. The third kappa shape index (κ3) is 6.76. The first-order chi connectivity index (χ1) is 10.6. The molecule has 0 fully saturated rings. The van der Waals surface area contributed by atoms with Gasteiger partial charge in [0.2, 0.25) is 0 Å². The summed E-state index contributed by atoms with van der Waals surface area (Å²) in [6.07, 6.45) is -1.19. The van der Waals surface area contributed by atoms with E-state index in [4.69, 9.17) is 10.5 Å². The summed E-state index contributed by atoms with van der Waals surface area (Å²) in [6, 6.07) is 17.4. The van der Waals surface area contributed by atoms with Gasteiger partial charge in [0.25, 0.3) is 0 Å². The van der Waals surface area contributed by atoms with E-state index in [-0.39, 0.29) is 6.54 Å². The number of halogens is 2. The van der Waals surface area contributed by atoms with Crippen molar-refractivity contribution in [2.45, 2.75) is 19.1 Å². The molecule has 0 unspecified atom stereocenters. The van der Waals surface area contributed by atoms with Gasteiger partial charge in [-0.25, -0.2) is 0 Å². The van der Waals surface area contributed by atoms with Crippen molar-refractivity contribution in [3.8, 4) is 5.75 Å². The molecule has 0 aliphatic carbocycles. The average molecular weight is 562 g/mol. The van der Waals surface area contributed by atoms with Gasteiger partial charge in [-0.3, -0.25) is 0 Å². The number of hydrogen-bond acceptors (Lipinski definition) is 3. The van der Waals surface area contributed by atoms with Gasteiger partial charge in [-0.1, -0.05) is 48.5 Å². The maximum atomic E-state index is 10.1. The summed E-state index contributed by atoms with van der Waals surface area (Å²) in [7, 11) is 0.628. The first kappa shape index (κ1) is 20.2. The van der Waals surface area contributed by atoms with E-state index < -0.39 is 12.2 Å². The van der Waals surface area contributed by atoms with Gasteiger partial charge in [-0.2, -0.15) is 0 Å². The van der Waals surface area contributed by atoms with Gasteiger partial charge in [0, 0.05) is 6.54 Å². The molecule has 3 N–H and O–H groups in total. The van der Waals surface area contributed by atoms with Crippen LogP contribution in [0, 0.1) is 6.92 Å². The Kier molecular flexibility index (Phi) is 10.8. The van der Waals surface area contributed by atoms with Gasteiger partial charge in [-0.15, -0.1) is 0 Å². The van der Waals surface area contributed by atoms with E-state index >= 15 is 0 Å². The standard InChI is InChI=1S/C16H19NO2.2HI.V/c1-12-7-5-6-10-15(12)19-16(14(18)11-17)13-8-3-2-4-9-13;;;/h2-10,14,16,18H,11,17H2,1H3;2*1H;/q;;;+2/p-2/t14-,16-;;;/m0.../s1. The number of aliphatic hydroxyl groups is 1. The monoisotopic (exact) mass is 562 g/mol. The minimum atomic E-state index is -0.734. The van der Waals surface area contributed by atoms with E-state index in [1.165, 1.54) is 0 Å². The van der Waals surface area contributed by atoms with Gasteiger partial charge >= 0.3 is 49.4 Å². The Hall–Kier alpha value is 0.204. The summed E-state index contributed by atoms with van der Waals surface area (Å²) in [5, 5.41) is 10.1. The van der Waals surface area contributed by atoms with Gasteiger partial charge in [0.15, 0.2) is 6.10 Å². The summed E-state index contributed by atoms with van der Waals surface area (Å²) in [6.45, 7) is 2.14. The zero-order valence-electron chi connectivity index (χ0n) is 12.2. The molecule has 3 nitrogen and oxygen atoms in total. The van der Waals surface area contributed by atoms with E-state index in [0.717, 1.165) is 16.9 Å². The fourth-order valence-electron chi connectivity index (χ4n) is 1.96. The summed E-state index contributed by atoms with van der Waals surface area (Å²) in [5.41, 5.74) is 7.53. The van der Waals surface area contributed by atoms with Crippen LogP contribution in [0.4, 0.5) is 0 Å². The van der Waals surface area contributed by atoms with Crippen LogP contribution in [0.25, 0.3) is 0 Å². The minimum absolute atomic E-state index is 0.158. The van der Waals surface area contributed by atoms with Crippen molar-refractivity contribution in [3.63, 3.8) is 0 Å². The van der Waals surface area contributed by atoms with Crippen molar-refractivity contribution >= 4 is 40.0 Å². The van der Waals surface area contributed by atoms with Crippen LogP contribution in [0.3, 0.4) is 0 Å². The molecule has 0 aliphatic rings. The Morgan fingerprint density at radius 3 is 2.18 bits per heavy atom. The Morgan fingerprint density at radius 1 is 1.09 bits per heavy atom. The number of benzene rings is 2. The molecule has 6 heteroatoms. The molecule has 0 spiro atoms. The summed E-state index contributed by atoms with van der Waals surface area (Å²) >= 11 is 4.74. The summed E-state index contributed by atoms with van der Waals surface area (Å²) in [4.78, 5) is 0. The number of ether oxygens (including phenoxy) is 1. The molecule has 0 aliphatic heterocycles. The Morgan fingerprint density at radius 2 is 1.64 bits per heavy atom. The number of hydrogen-bond donors (Lipinski definition) is 2. The topological polar surface area (TPSA) is 55.5 Å². The molecule has 0 heterocycles. The summed E-state index contributed by atoms with van der Waals surface area (Å²) < 4.78 is 5.95. The molecule has 0 aromatic heterocycles. The van der Waals surface area contributed by atoms with Crippen LogP contribution in [-0.4, -0.2) is 17.8 Å². The number of aliphatic hydroxyl groups excluding tert-OH is 1. The van der Waals surface area contributed by atoms with E-state index in [0.29, 0.717) is 9.47 Å². The van der Waals surface area contributed by atoms with E-state index in [1.807, 2.05) is 61.5 Å². The maximum absolute atomic E-state index is 10.1. The molecule has 2 aromatic carbocycles. The first-order valence-electron chi connectivity index (χ1n) is 6.71. The van der Waals surface area contributed by atoms with Crippen LogP contribution in [-0.2, 0) is 9.47 Å². The second kappa shape index (κ2) is 11.7. The van der Waals surface area contributed by atoms with Crippen LogP contribution in [0.1, 0.15) is 17.2 Å². The van der Waals surface area contributed by atoms with Gasteiger partial charge < -0.3 is 15.6 Å². The third-order valence-electron chi connectivity index (χ3n) is 3.07. The van der Waals surface area contributed by atoms with Crippen LogP contribution in [0.2, 0.25) is 0 Å². The molecule has 2 atom stereocenters. The van der Waals surface area contributed by atoms with Crippen LogP contribution < -0.4 is 10.5 Å². The first-order valence-corrected chi connectivity index (χ1v) is 15.7. The molecule has 0 amide bonds. The van der Waals surface area contributed by atoms with Crippen molar-refractivity contribution in [2.24, 2.45) is 5.73 Å². The molecular weight excluding hydrogens is 543 g/mol. The van der Waals surface area contributed by atoms with E-state index in [1.54, 1.807) is 0 Å². The molecule has 0 bridgehead atoms. The predicted octanol–water partition coefficient (Wildman–Crippen LogP) is 4.20. The Bertz CT molecular complexity index is 543. The van der Waals surface area contributed by atoms with Crippen molar-refractivity contribution < 1.29 is 19.3 Å². The molecule has 0 saturated carbocycles. The van der Waals surface area contributed by atoms with Crippen molar-refractivity contribution in [1.82, 2.24) is 0 Å². The molecule has 2 rings (SSSR count). The average Bonchev–Trinajstić information content (AvgIpc) is 2.55. The molecular formula is C16H19I2NO2V. The fourth-order valence-corrected chi connectivity index (χ4v) is 1.96. The normalized spacial score (nSPS) is 12.6. The van der Waals surface area contributed by atoms with Crippen LogP contribution >= 0.6 is 40.0 Å². The fraction of sp³-hybridized carbons (Fsp3) is 0.250. The van der Waals surface area contributed by atoms with E-state index in [9.17, 15) is 5.11 Å². The Labute approximate surface area is 160 Å². The predicted molar refractivity (Wildman–Crippen MR) is 104 cm³/mol. The van der Waals surface area contributed by atoms with Crippen molar-refractivity contribution in [1.29, 1.82) is 0 Å². The number of nitrogens with two attached hydrogens (primary N) is 1. The molecule has 22 heavy (non-hydrogen) atoms. The second-order valence-electron chi connectivity index (χ2n) is 4.58. The van der Waals surface area contributed by atoms with Gasteiger partial charge in [0.1, 0.15) is 11.9 Å².